The van der Waals surface area contributed by atoms with Gasteiger partial charge in [0.15, 0.2) is 5.82 Å². The molecule has 0 amide bonds. The lowest BCUT2D eigenvalue weighted by atomic mass is 10.1. The van der Waals surface area contributed by atoms with Gasteiger partial charge in [0, 0.05) is 0 Å². The first-order valence-electron chi connectivity index (χ1n) is 5.69. The van der Waals surface area contributed by atoms with E-state index in [4.69, 9.17) is 5.73 Å². The molecule has 4 nitrogen and oxygen atoms in total. The maximum absolute atomic E-state index is 12.5. The fourth-order valence-corrected chi connectivity index (χ4v) is 1.82. The standard InChI is InChI=1S/C12H13F3N4/c1-7(2)10-11(16)17-18-19(10)9-5-3-8(4-6-9)12(13,14)15/h3-7H,16H2,1-2H3. The van der Waals surface area contributed by atoms with Crippen molar-refractivity contribution in [2.75, 3.05) is 5.73 Å². The van der Waals surface area contributed by atoms with Crippen LogP contribution in [0.4, 0.5) is 19.0 Å². The number of halogens is 3. The lowest BCUT2D eigenvalue weighted by Gasteiger charge is -2.11. The zero-order chi connectivity index (χ0) is 14.2. The maximum Gasteiger partial charge on any atom is 0.416 e. The molecule has 102 valence electrons. The molecule has 0 aliphatic rings. The molecule has 0 saturated carbocycles. The minimum absolute atomic E-state index is 0.0669. The molecule has 7 heteroatoms. The van der Waals surface area contributed by atoms with E-state index in [1.165, 1.54) is 16.8 Å². The molecule has 0 spiro atoms. The number of nitrogen functional groups attached to an aromatic ring is 1. The van der Waals surface area contributed by atoms with E-state index in [0.29, 0.717) is 11.4 Å². The number of nitrogens with zero attached hydrogens (tertiary/aromatic N) is 3. The van der Waals surface area contributed by atoms with Gasteiger partial charge in [0.2, 0.25) is 0 Å². The van der Waals surface area contributed by atoms with Gasteiger partial charge in [-0.1, -0.05) is 19.1 Å². The van der Waals surface area contributed by atoms with Gasteiger partial charge in [-0.25, -0.2) is 4.68 Å². The summed E-state index contributed by atoms with van der Waals surface area (Å²) in [6.45, 7) is 3.82. The van der Waals surface area contributed by atoms with Crippen LogP contribution in [0.1, 0.15) is 31.0 Å². The van der Waals surface area contributed by atoms with Crippen LogP contribution >= 0.6 is 0 Å². The van der Waals surface area contributed by atoms with Gasteiger partial charge < -0.3 is 5.73 Å². The van der Waals surface area contributed by atoms with E-state index in [1.807, 2.05) is 13.8 Å². The minimum Gasteiger partial charge on any atom is -0.381 e. The number of nitrogens with two attached hydrogens (primary N) is 1. The predicted octanol–water partition coefficient (Wildman–Crippen LogP) is 2.99. The van der Waals surface area contributed by atoms with Gasteiger partial charge in [-0.15, -0.1) is 5.10 Å². The molecule has 0 fully saturated rings. The largest absolute Gasteiger partial charge is 0.416 e. The summed E-state index contributed by atoms with van der Waals surface area (Å²) in [5.41, 5.74) is 6.19. The van der Waals surface area contributed by atoms with Gasteiger partial charge in [-0.05, 0) is 30.2 Å². The Morgan fingerprint density at radius 3 is 2.21 bits per heavy atom. The second kappa shape index (κ2) is 4.56. The van der Waals surface area contributed by atoms with E-state index in [1.54, 1.807) is 0 Å². The number of benzene rings is 1. The van der Waals surface area contributed by atoms with E-state index in [2.05, 4.69) is 10.3 Å². The predicted molar refractivity (Wildman–Crippen MR) is 64.9 cm³/mol. The van der Waals surface area contributed by atoms with Gasteiger partial charge in [0.05, 0.1) is 16.9 Å². The summed E-state index contributed by atoms with van der Waals surface area (Å²) in [6, 6.07) is 4.72. The Hall–Kier alpha value is -2.05. The van der Waals surface area contributed by atoms with Crippen LogP contribution in [0.5, 0.6) is 0 Å². The summed E-state index contributed by atoms with van der Waals surface area (Å²) < 4.78 is 38.9. The van der Waals surface area contributed by atoms with Crippen molar-refractivity contribution in [2.24, 2.45) is 0 Å². The molecule has 0 aliphatic carbocycles. The third kappa shape index (κ3) is 2.54. The SMILES string of the molecule is CC(C)c1c(N)nnn1-c1ccc(C(F)(F)F)cc1. The fraction of sp³-hybridized carbons (Fsp3) is 0.333. The number of aromatic nitrogens is 3. The summed E-state index contributed by atoms with van der Waals surface area (Å²) in [5.74, 6) is 0.354. The lowest BCUT2D eigenvalue weighted by Crippen LogP contribution is -2.08. The van der Waals surface area contributed by atoms with Crippen molar-refractivity contribution < 1.29 is 13.2 Å². The zero-order valence-electron chi connectivity index (χ0n) is 10.4. The normalized spacial score (nSPS) is 12.1. The third-order valence-electron chi connectivity index (χ3n) is 2.72. The maximum atomic E-state index is 12.5. The first-order valence-corrected chi connectivity index (χ1v) is 5.69. The average molecular weight is 270 g/mol. The van der Waals surface area contributed by atoms with E-state index < -0.39 is 11.7 Å². The number of anilines is 1. The Labute approximate surface area is 108 Å². The van der Waals surface area contributed by atoms with Crippen molar-refractivity contribution in [3.05, 3.63) is 35.5 Å². The monoisotopic (exact) mass is 270 g/mol. The van der Waals surface area contributed by atoms with Crippen LogP contribution in [0.15, 0.2) is 24.3 Å². The van der Waals surface area contributed by atoms with Crippen molar-refractivity contribution >= 4 is 5.82 Å². The smallest absolute Gasteiger partial charge is 0.381 e. The van der Waals surface area contributed by atoms with Gasteiger partial charge in [0.1, 0.15) is 0 Å². The van der Waals surface area contributed by atoms with Crippen molar-refractivity contribution in [3.8, 4) is 5.69 Å². The highest BCUT2D eigenvalue weighted by Crippen LogP contribution is 2.30. The molecule has 1 heterocycles. The Morgan fingerprint density at radius 1 is 1.16 bits per heavy atom. The molecule has 0 bridgehead atoms. The lowest BCUT2D eigenvalue weighted by molar-refractivity contribution is -0.137. The quantitative estimate of drug-likeness (QED) is 0.912. The third-order valence-corrected chi connectivity index (χ3v) is 2.72. The Balaban J connectivity index is 2.44. The minimum atomic E-state index is -4.35. The molecular formula is C12H13F3N4. The molecule has 1 aromatic carbocycles. The molecule has 2 aromatic rings. The molecular weight excluding hydrogens is 257 g/mol. The molecule has 1 aromatic heterocycles. The molecule has 0 radical (unpaired) electrons. The molecule has 0 aliphatic heterocycles. The summed E-state index contributed by atoms with van der Waals surface area (Å²) >= 11 is 0. The molecule has 2 N–H and O–H groups in total. The Bertz CT molecular complexity index is 570. The van der Waals surface area contributed by atoms with Crippen molar-refractivity contribution in [1.82, 2.24) is 15.0 Å². The molecule has 2 rings (SSSR count). The topological polar surface area (TPSA) is 56.7 Å². The number of rotatable bonds is 2. The average Bonchev–Trinajstić information content (AvgIpc) is 2.70. The van der Waals surface area contributed by atoms with Crippen molar-refractivity contribution in [1.29, 1.82) is 0 Å². The molecule has 0 unspecified atom stereocenters. The Morgan fingerprint density at radius 2 is 1.74 bits per heavy atom. The highest BCUT2D eigenvalue weighted by molar-refractivity contribution is 5.43. The van der Waals surface area contributed by atoms with Crippen LogP contribution in [0.2, 0.25) is 0 Å². The van der Waals surface area contributed by atoms with Crippen LogP contribution in [0.25, 0.3) is 5.69 Å². The van der Waals surface area contributed by atoms with E-state index in [9.17, 15) is 13.2 Å². The van der Waals surface area contributed by atoms with Crippen LogP contribution in [0, 0.1) is 0 Å². The van der Waals surface area contributed by atoms with E-state index in [-0.39, 0.29) is 11.7 Å². The summed E-state index contributed by atoms with van der Waals surface area (Å²) in [7, 11) is 0. The van der Waals surface area contributed by atoms with Crippen molar-refractivity contribution in [3.63, 3.8) is 0 Å². The van der Waals surface area contributed by atoms with Crippen LogP contribution < -0.4 is 5.73 Å². The van der Waals surface area contributed by atoms with Gasteiger partial charge in [-0.3, -0.25) is 0 Å². The van der Waals surface area contributed by atoms with E-state index in [0.717, 1.165) is 12.1 Å². The van der Waals surface area contributed by atoms with Gasteiger partial charge >= 0.3 is 6.18 Å². The first-order chi connectivity index (χ1) is 8.80. The van der Waals surface area contributed by atoms with Crippen molar-refractivity contribution in [2.45, 2.75) is 25.9 Å². The first kappa shape index (κ1) is 13.4. The molecule has 19 heavy (non-hydrogen) atoms. The second-order valence-corrected chi connectivity index (χ2v) is 4.47. The number of hydrogen-bond donors (Lipinski definition) is 1. The zero-order valence-corrected chi connectivity index (χ0v) is 10.4. The summed E-state index contributed by atoms with van der Waals surface area (Å²) in [4.78, 5) is 0. The summed E-state index contributed by atoms with van der Waals surface area (Å²) in [5, 5.41) is 7.61. The van der Waals surface area contributed by atoms with Crippen LogP contribution in [-0.2, 0) is 6.18 Å². The van der Waals surface area contributed by atoms with Crippen LogP contribution in [0.3, 0.4) is 0 Å². The highest BCUT2D eigenvalue weighted by atomic mass is 19.4. The van der Waals surface area contributed by atoms with E-state index >= 15 is 0 Å². The fourth-order valence-electron chi connectivity index (χ4n) is 1.82. The van der Waals surface area contributed by atoms with Gasteiger partial charge in [0.25, 0.3) is 0 Å². The summed E-state index contributed by atoms with van der Waals surface area (Å²) in [6.07, 6.45) is -4.35. The molecule has 0 atom stereocenters. The molecule has 0 saturated heterocycles. The van der Waals surface area contributed by atoms with Crippen LogP contribution in [-0.4, -0.2) is 15.0 Å². The number of alkyl halides is 3. The van der Waals surface area contributed by atoms with Gasteiger partial charge in [-0.2, -0.15) is 13.2 Å². The second-order valence-electron chi connectivity index (χ2n) is 4.47. The Kier molecular flexibility index (Phi) is 3.21. The number of hydrogen-bond acceptors (Lipinski definition) is 3. The highest BCUT2D eigenvalue weighted by Gasteiger charge is 2.30.